The molecule has 0 aliphatic carbocycles. The van der Waals surface area contributed by atoms with Gasteiger partial charge in [-0.1, -0.05) is 0 Å². The number of benzene rings is 2. The van der Waals surface area contributed by atoms with Crippen LogP contribution in [0.3, 0.4) is 0 Å². The van der Waals surface area contributed by atoms with E-state index in [1.807, 2.05) is 0 Å². The van der Waals surface area contributed by atoms with Gasteiger partial charge in [0.05, 0.1) is 23.6 Å². The number of ether oxygens (including phenoxy) is 1. The quantitative estimate of drug-likeness (QED) is 0.677. The molecule has 1 N–H and O–H groups in total. The lowest BCUT2D eigenvalue weighted by Crippen LogP contribution is -2.61. The number of alkyl halides is 3. The van der Waals surface area contributed by atoms with Gasteiger partial charge in [0.15, 0.2) is 0 Å². The average Bonchev–Trinajstić information content (AvgIpc) is 3.35. The molecule has 2 aromatic carbocycles. The number of amides is 1. The van der Waals surface area contributed by atoms with Crippen molar-refractivity contribution < 1.29 is 27.1 Å². The molecule has 2 saturated heterocycles. The van der Waals surface area contributed by atoms with Crippen LogP contribution in [0.2, 0.25) is 0 Å². The van der Waals surface area contributed by atoms with E-state index >= 15 is 0 Å². The van der Waals surface area contributed by atoms with Gasteiger partial charge in [0.2, 0.25) is 5.91 Å². The smallest absolute Gasteiger partial charge is 0.376 e. The van der Waals surface area contributed by atoms with Gasteiger partial charge >= 0.3 is 6.18 Å². The first-order valence-electron chi connectivity index (χ1n) is 11.7. The summed E-state index contributed by atoms with van der Waals surface area (Å²) < 4.78 is 59.1. The Hall–Kier alpha value is -2.81. The normalized spacial score (nSPS) is 24.5. The number of hydrogen-bond donors (Lipinski definition) is 1. The highest BCUT2D eigenvalue weighted by Gasteiger charge is 2.43. The molecular weight excluding hydrogens is 450 g/mol. The monoisotopic (exact) mass is 477 g/mol. The van der Waals surface area contributed by atoms with Crippen LogP contribution in [0.1, 0.15) is 24.0 Å². The molecule has 0 spiro atoms. The standard InChI is InChI=1S/C25H27F4N3O2/c26-18-4-6-19(7-5-18)31-9-10-32-22-8-3-17(25(27,28)29)12-16(22)13-21(23(32)15-31)24(33)30-14-20-2-1-11-34-20/h3-8,12,20-21,23H,1-2,9-11,13-15H2,(H,30,33). The summed E-state index contributed by atoms with van der Waals surface area (Å²) in [6.07, 6.45) is -2.38. The molecule has 9 heteroatoms. The Morgan fingerprint density at radius 2 is 1.91 bits per heavy atom. The van der Waals surface area contributed by atoms with E-state index in [2.05, 4.69) is 15.1 Å². The van der Waals surface area contributed by atoms with Crippen molar-refractivity contribution in [3.05, 3.63) is 59.4 Å². The Kier molecular flexibility index (Phi) is 6.14. The lowest BCUT2D eigenvalue weighted by Gasteiger charge is -2.49. The molecule has 5 rings (SSSR count). The van der Waals surface area contributed by atoms with E-state index in [1.165, 1.54) is 24.3 Å². The summed E-state index contributed by atoms with van der Waals surface area (Å²) in [5.74, 6) is -1.00. The van der Waals surface area contributed by atoms with Gasteiger partial charge in [0.1, 0.15) is 5.82 Å². The zero-order valence-electron chi connectivity index (χ0n) is 18.7. The van der Waals surface area contributed by atoms with Crippen molar-refractivity contribution >= 4 is 17.3 Å². The van der Waals surface area contributed by atoms with Gasteiger partial charge < -0.3 is 19.9 Å². The topological polar surface area (TPSA) is 44.8 Å². The molecule has 3 unspecified atom stereocenters. The highest BCUT2D eigenvalue weighted by atomic mass is 19.4. The van der Waals surface area contributed by atoms with E-state index in [1.54, 1.807) is 12.1 Å². The zero-order chi connectivity index (χ0) is 23.9. The highest BCUT2D eigenvalue weighted by Crippen LogP contribution is 2.40. The highest BCUT2D eigenvalue weighted by molar-refractivity contribution is 5.82. The molecule has 2 aromatic rings. The molecule has 3 aliphatic rings. The van der Waals surface area contributed by atoms with E-state index in [4.69, 9.17) is 4.74 Å². The molecule has 0 saturated carbocycles. The second-order valence-corrected chi connectivity index (χ2v) is 9.22. The summed E-state index contributed by atoms with van der Waals surface area (Å²) >= 11 is 0. The molecule has 34 heavy (non-hydrogen) atoms. The Morgan fingerprint density at radius 3 is 2.62 bits per heavy atom. The largest absolute Gasteiger partial charge is 0.416 e. The minimum Gasteiger partial charge on any atom is -0.376 e. The molecule has 0 radical (unpaired) electrons. The fourth-order valence-electron chi connectivity index (χ4n) is 5.34. The maximum atomic E-state index is 13.4. The number of fused-ring (bicyclic) bond motifs is 3. The lowest BCUT2D eigenvalue weighted by atomic mass is 9.82. The van der Waals surface area contributed by atoms with Gasteiger partial charge in [0, 0.05) is 44.2 Å². The third kappa shape index (κ3) is 4.58. The molecule has 1 amide bonds. The number of nitrogens with zero attached hydrogens (tertiary/aromatic N) is 2. The Balaban J connectivity index is 1.42. The number of carbonyl (C=O) groups is 1. The predicted octanol–water partition coefficient (Wildman–Crippen LogP) is 4.01. The first kappa shape index (κ1) is 23.0. The Labute approximate surface area is 195 Å². The number of anilines is 2. The summed E-state index contributed by atoms with van der Waals surface area (Å²) in [6.45, 7) is 2.77. The van der Waals surface area contributed by atoms with Crippen LogP contribution >= 0.6 is 0 Å². The fraction of sp³-hybridized carbons (Fsp3) is 0.480. The molecular formula is C25H27F4N3O2. The van der Waals surface area contributed by atoms with Crippen LogP contribution in [0.25, 0.3) is 0 Å². The molecule has 0 aromatic heterocycles. The number of piperazine rings is 1. The Morgan fingerprint density at radius 1 is 1.12 bits per heavy atom. The van der Waals surface area contributed by atoms with Gasteiger partial charge in [-0.05, 0) is 67.3 Å². The third-order valence-corrected chi connectivity index (χ3v) is 7.10. The number of nitrogens with one attached hydrogen (secondary N) is 1. The second-order valence-electron chi connectivity index (χ2n) is 9.22. The summed E-state index contributed by atoms with van der Waals surface area (Å²) in [5, 5.41) is 2.98. The van der Waals surface area contributed by atoms with E-state index in [0.717, 1.165) is 30.3 Å². The number of hydrogen-bond acceptors (Lipinski definition) is 4. The van der Waals surface area contributed by atoms with Crippen LogP contribution in [0.5, 0.6) is 0 Å². The van der Waals surface area contributed by atoms with Crippen molar-refractivity contribution in [2.24, 2.45) is 5.92 Å². The summed E-state index contributed by atoms with van der Waals surface area (Å²) in [5.41, 5.74) is 1.45. The molecule has 3 aliphatic heterocycles. The number of carbonyl (C=O) groups excluding carboxylic acids is 1. The van der Waals surface area contributed by atoms with Crippen molar-refractivity contribution in [3.63, 3.8) is 0 Å². The van der Waals surface area contributed by atoms with Crippen molar-refractivity contribution in [1.29, 1.82) is 0 Å². The van der Waals surface area contributed by atoms with Gasteiger partial charge in [-0.2, -0.15) is 13.2 Å². The fourth-order valence-corrected chi connectivity index (χ4v) is 5.34. The minimum absolute atomic E-state index is 0.0187. The summed E-state index contributed by atoms with van der Waals surface area (Å²) in [7, 11) is 0. The third-order valence-electron chi connectivity index (χ3n) is 7.10. The molecule has 182 valence electrons. The summed E-state index contributed by atoms with van der Waals surface area (Å²) in [6, 6.07) is 9.84. The van der Waals surface area contributed by atoms with Crippen LogP contribution in [0.4, 0.5) is 28.9 Å². The maximum Gasteiger partial charge on any atom is 0.416 e. The second kappa shape index (κ2) is 9.09. The molecule has 2 fully saturated rings. The Bertz CT molecular complexity index is 1040. The first-order valence-corrected chi connectivity index (χ1v) is 11.7. The van der Waals surface area contributed by atoms with E-state index in [0.29, 0.717) is 38.3 Å². The van der Waals surface area contributed by atoms with Crippen LogP contribution in [-0.2, 0) is 22.1 Å². The van der Waals surface area contributed by atoms with Gasteiger partial charge in [-0.15, -0.1) is 0 Å². The maximum absolute atomic E-state index is 13.4. The van der Waals surface area contributed by atoms with Crippen LogP contribution < -0.4 is 15.1 Å². The van der Waals surface area contributed by atoms with E-state index < -0.39 is 17.7 Å². The van der Waals surface area contributed by atoms with Gasteiger partial charge in [-0.25, -0.2) is 4.39 Å². The SMILES string of the molecule is O=C(NCC1CCCO1)C1Cc2cc(C(F)(F)F)ccc2N2CCN(c3ccc(F)cc3)CC12. The predicted molar refractivity (Wildman–Crippen MR) is 120 cm³/mol. The number of halogens is 4. The van der Waals surface area contributed by atoms with Crippen LogP contribution in [0, 0.1) is 11.7 Å². The van der Waals surface area contributed by atoms with E-state index in [9.17, 15) is 22.4 Å². The number of rotatable bonds is 4. The van der Waals surface area contributed by atoms with Crippen LogP contribution in [-0.4, -0.2) is 50.8 Å². The van der Waals surface area contributed by atoms with Crippen molar-refractivity contribution in [2.45, 2.75) is 37.6 Å². The van der Waals surface area contributed by atoms with Gasteiger partial charge in [-0.3, -0.25) is 4.79 Å². The average molecular weight is 478 g/mol. The van der Waals surface area contributed by atoms with Crippen LogP contribution in [0.15, 0.2) is 42.5 Å². The first-order chi connectivity index (χ1) is 16.3. The van der Waals surface area contributed by atoms with Crippen molar-refractivity contribution in [3.8, 4) is 0 Å². The molecule has 0 bridgehead atoms. The minimum atomic E-state index is -4.44. The summed E-state index contributed by atoms with van der Waals surface area (Å²) in [4.78, 5) is 17.5. The molecule has 3 heterocycles. The molecule has 3 atom stereocenters. The lowest BCUT2D eigenvalue weighted by molar-refractivity contribution is -0.137. The zero-order valence-corrected chi connectivity index (χ0v) is 18.7. The van der Waals surface area contributed by atoms with E-state index in [-0.39, 0.29) is 30.3 Å². The van der Waals surface area contributed by atoms with Crippen molar-refractivity contribution in [2.75, 3.05) is 42.6 Å². The van der Waals surface area contributed by atoms with Crippen molar-refractivity contribution in [1.82, 2.24) is 5.32 Å². The van der Waals surface area contributed by atoms with Gasteiger partial charge in [0.25, 0.3) is 0 Å². The molecule has 5 nitrogen and oxygen atoms in total.